The number of piperazine rings is 1. The Balaban J connectivity index is 2.34. The van der Waals surface area contributed by atoms with Gasteiger partial charge in [-0.15, -0.1) is 0 Å². The van der Waals surface area contributed by atoms with Crippen LogP contribution in [0.2, 0.25) is 0 Å². The van der Waals surface area contributed by atoms with Crippen LogP contribution in [-0.2, 0) is 9.59 Å². The Labute approximate surface area is 110 Å². The smallest absolute Gasteiger partial charge is 0.250 e. The van der Waals surface area contributed by atoms with Gasteiger partial charge in [0.2, 0.25) is 11.8 Å². The van der Waals surface area contributed by atoms with Gasteiger partial charge in [0.15, 0.2) is 11.6 Å². The second kappa shape index (κ2) is 5.26. The zero-order valence-electron chi connectivity index (χ0n) is 10.8. The third kappa shape index (κ3) is 2.52. The van der Waals surface area contributed by atoms with Gasteiger partial charge in [0, 0.05) is 11.8 Å². The van der Waals surface area contributed by atoms with E-state index in [-0.39, 0.29) is 24.1 Å². The number of nitrogens with one attached hydrogen (secondary N) is 1. The first-order chi connectivity index (χ1) is 9.06. The van der Waals surface area contributed by atoms with Crippen LogP contribution in [0.15, 0.2) is 18.2 Å². The molecule has 0 bridgehead atoms. The third-order valence-electron chi connectivity index (χ3n) is 3.06. The number of amides is 2. The Bertz CT molecular complexity index is 519. The zero-order chi connectivity index (χ0) is 14.0. The Morgan fingerprint density at radius 3 is 2.84 bits per heavy atom. The summed E-state index contributed by atoms with van der Waals surface area (Å²) in [5.41, 5.74) is 0.455. The van der Waals surface area contributed by atoms with Crippen LogP contribution < -0.4 is 15.0 Å². The lowest BCUT2D eigenvalue weighted by atomic mass is 10.1. The summed E-state index contributed by atoms with van der Waals surface area (Å²) in [4.78, 5) is 25.1. The van der Waals surface area contributed by atoms with Crippen LogP contribution in [0, 0.1) is 5.82 Å². The fourth-order valence-corrected chi connectivity index (χ4v) is 2.02. The zero-order valence-corrected chi connectivity index (χ0v) is 10.8. The molecule has 1 unspecified atom stereocenters. The Morgan fingerprint density at radius 1 is 1.47 bits per heavy atom. The number of benzene rings is 1. The number of hydrogen-bond acceptors (Lipinski definition) is 3. The van der Waals surface area contributed by atoms with Gasteiger partial charge in [-0.25, -0.2) is 4.39 Å². The standard InChI is InChI=1S/C13H15FN2O3/c1-3-10-13(18)16(7-12(17)15-10)8-4-5-9(14)11(6-8)19-2/h4-6,10H,3,7H2,1-2H3,(H,15,17). The molecule has 0 aliphatic carbocycles. The normalized spacial score (nSPS) is 19.3. The van der Waals surface area contributed by atoms with Crippen molar-refractivity contribution in [1.29, 1.82) is 0 Å². The van der Waals surface area contributed by atoms with Crippen molar-refractivity contribution in [2.24, 2.45) is 0 Å². The van der Waals surface area contributed by atoms with Gasteiger partial charge in [-0.05, 0) is 18.6 Å². The molecular weight excluding hydrogens is 251 g/mol. The van der Waals surface area contributed by atoms with Gasteiger partial charge in [-0.2, -0.15) is 0 Å². The van der Waals surface area contributed by atoms with Gasteiger partial charge in [-0.3, -0.25) is 9.59 Å². The SMILES string of the molecule is CCC1NC(=O)CN(c2ccc(F)c(OC)c2)C1=O. The van der Waals surface area contributed by atoms with Crippen molar-refractivity contribution >= 4 is 17.5 Å². The number of carbonyl (C=O) groups is 2. The highest BCUT2D eigenvalue weighted by Crippen LogP contribution is 2.26. The van der Waals surface area contributed by atoms with Crippen molar-refractivity contribution in [2.75, 3.05) is 18.6 Å². The van der Waals surface area contributed by atoms with Gasteiger partial charge in [0.05, 0.1) is 7.11 Å². The maximum absolute atomic E-state index is 13.3. The van der Waals surface area contributed by atoms with E-state index in [9.17, 15) is 14.0 Å². The van der Waals surface area contributed by atoms with E-state index in [1.54, 1.807) is 0 Å². The van der Waals surface area contributed by atoms with E-state index in [1.165, 1.54) is 30.2 Å². The van der Waals surface area contributed by atoms with Crippen molar-refractivity contribution in [3.63, 3.8) is 0 Å². The molecule has 0 radical (unpaired) electrons. The van der Waals surface area contributed by atoms with Crippen molar-refractivity contribution in [2.45, 2.75) is 19.4 Å². The van der Waals surface area contributed by atoms with E-state index in [2.05, 4.69) is 5.32 Å². The molecule has 0 spiro atoms. The summed E-state index contributed by atoms with van der Waals surface area (Å²) in [7, 11) is 1.35. The fraction of sp³-hybridized carbons (Fsp3) is 0.385. The van der Waals surface area contributed by atoms with E-state index in [1.807, 2.05) is 6.92 Å². The second-order valence-corrected chi connectivity index (χ2v) is 4.27. The van der Waals surface area contributed by atoms with E-state index in [0.717, 1.165) is 0 Å². The van der Waals surface area contributed by atoms with Crippen molar-refractivity contribution in [3.8, 4) is 5.75 Å². The lowest BCUT2D eigenvalue weighted by molar-refractivity contribution is -0.131. The van der Waals surface area contributed by atoms with Crippen LogP contribution in [0.25, 0.3) is 0 Å². The highest BCUT2D eigenvalue weighted by Gasteiger charge is 2.32. The molecule has 19 heavy (non-hydrogen) atoms. The van der Waals surface area contributed by atoms with Crippen LogP contribution in [0.3, 0.4) is 0 Å². The number of methoxy groups -OCH3 is 1. The summed E-state index contributed by atoms with van der Waals surface area (Å²) in [5.74, 6) is -0.887. The van der Waals surface area contributed by atoms with Crippen LogP contribution in [0.5, 0.6) is 5.75 Å². The number of ether oxygens (including phenoxy) is 1. The Hall–Kier alpha value is -2.11. The number of halogens is 1. The van der Waals surface area contributed by atoms with Crippen molar-refractivity contribution < 1.29 is 18.7 Å². The first-order valence-corrected chi connectivity index (χ1v) is 6.01. The predicted molar refractivity (Wildman–Crippen MR) is 67.5 cm³/mol. The number of anilines is 1. The number of nitrogens with zero attached hydrogens (tertiary/aromatic N) is 1. The summed E-state index contributed by atoms with van der Waals surface area (Å²) < 4.78 is 18.2. The molecule has 0 saturated carbocycles. The summed E-state index contributed by atoms with van der Waals surface area (Å²) in [6.07, 6.45) is 0.513. The molecule has 2 amide bonds. The third-order valence-corrected chi connectivity index (χ3v) is 3.06. The van der Waals surface area contributed by atoms with Crippen molar-refractivity contribution in [3.05, 3.63) is 24.0 Å². The number of hydrogen-bond donors (Lipinski definition) is 1. The minimum Gasteiger partial charge on any atom is -0.494 e. The number of rotatable bonds is 3. The average Bonchev–Trinajstić information content (AvgIpc) is 2.41. The van der Waals surface area contributed by atoms with Gasteiger partial charge in [0.1, 0.15) is 12.6 Å². The molecule has 5 nitrogen and oxygen atoms in total. The van der Waals surface area contributed by atoms with E-state index in [4.69, 9.17) is 4.74 Å². The Morgan fingerprint density at radius 2 is 2.21 bits per heavy atom. The molecule has 1 atom stereocenters. The highest BCUT2D eigenvalue weighted by molar-refractivity contribution is 6.06. The first kappa shape index (κ1) is 13.3. The lowest BCUT2D eigenvalue weighted by Gasteiger charge is -2.32. The van der Waals surface area contributed by atoms with E-state index >= 15 is 0 Å². The van der Waals surface area contributed by atoms with E-state index in [0.29, 0.717) is 12.1 Å². The molecule has 6 heteroatoms. The van der Waals surface area contributed by atoms with Gasteiger partial charge in [0.25, 0.3) is 0 Å². The summed E-state index contributed by atoms with van der Waals surface area (Å²) in [6, 6.07) is 3.56. The molecule has 0 aromatic heterocycles. The molecule has 1 heterocycles. The molecule has 1 N–H and O–H groups in total. The largest absolute Gasteiger partial charge is 0.494 e. The summed E-state index contributed by atoms with van der Waals surface area (Å²) in [6.45, 7) is 1.75. The van der Waals surface area contributed by atoms with Crippen molar-refractivity contribution in [1.82, 2.24) is 5.32 Å². The minimum absolute atomic E-state index is 0.0457. The molecule has 102 valence electrons. The van der Waals surface area contributed by atoms with Gasteiger partial charge >= 0.3 is 0 Å². The maximum atomic E-state index is 13.3. The molecule has 1 aliphatic rings. The molecule has 1 aromatic rings. The Kier molecular flexibility index (Phi) is 3.69. The molecule has 1 saturated heterocycles. The predicted octanol–water partition coefficient (Wildman–Crippen LogP) is 1.08. The highest BCUT2D eigenvalue weighted by atomic mass is 19.1. The minimum atomic E-state index is -0.530. The average molecular weight is 266 g/mol. The van der Waals surface area contributed by atoms with Gasteiger partial charge in [-0.1, -0.05) is 6.92 Å². The van der Waals surface area contributed by atoms with Crippen LogP contribution in [0.4, 0.5) is 10.1 Å². The van der Waals surface area contributed by atoms with Crippen LogP contribution in [-0.4, -0.2) is 31.5 Å². The first-order valence-electron chi connectivity index (χ1n) is 6.01. The quantitative estimate of drug-likeness (QED) is 0.890. The summed E-state index contributed by atoms with van der Waals surface area (Å²) in [5, 5.41) is 2.62. The topological polar surface area (TPSA) is 58.6 Å². The van der Waals surface area contributed by atoms with Crippen LogP contribution in [0.1, 0.15) is 13.3 Å². The van der Waals surface area contributed by atoms with Crippen LogP contribution >= 0.6 is 0 Å². The molecule has 1 fully saturated rings. The molecule has 2 rings (SSSR count). The van der Waals surface area contributed by atoms with Gasteiger partial charge < -0.3 is 15.0 Å². The second-order valence-electron chi connectivity index (χ2n) is 4.27. The monoisotopic (exact) mass is 266 g/mol. The summed E-state index contributed by atoms with van der Waals surface area (Å²) >= 11 is 0. The molecular formula is C13H15FN2O3. The maximum Gasteiger partial charge on any atom is 0.250 e. The lowest BCUT2D eigenvalue weighted by Crippen LogP contribution is -2.58. The molecule has 1 aliphatic heterocycles. The van der Waals surface area contributed by atoms with E-state index < -0.39 is 11.9 Å². The number of carbonyl (C=O) groups excluding carboxylic acids is 2. The fourth-order valence-electron chi connectivity index (χ4n) is 2.02. The molecule has 1 aromatic carbocycles.